The van der Waals surface area contributed by atoms with Gasteiger partial charge in [-0.1, -0.05) is 31.0 Å². The van der Waals surface area contributed by atoms with Gasteiger partial charge >= 0.3 is 5.97 Å². The predicted octanol–water partition coefficient (Wildman–Crippen LogP) is 2.90. The molecule has 1 aromatic rings. The Morgan fingerprint density at radius 1 is 1.17 bits per heavy atom. The Bertz CT molecular complexity index is 424. The molecule has 0 heterocycles. The van der Waals surface area contributed by atoms with E-state index in [1.54, 1.807) is 18.2 Å². The summed E-state index contributed by atoms with van der Waals surface area (Å²) in [6.07, 6.45) is 1.14. The van der Waals surface area contributed by atoms with Crippen molar-refractivity contribution < 1.29 is 18.7 Å². The number of ketones is 1. The zero-order valence-corrected chi connectivity index (χ0v) is 9.97. The first-order chi connectivity index (χ1) is 8.68. The third-order valence-electron chi connectivity index (χ3n) is 3.20. The molecule has 0 bridgehead atoms. The van der Waals surface area contributed by atoms with Crippen molar-refractivity contribution in [3.05, 3.63) is 35.9 Å². The van der Waals surface area contributed by atoms with E-state index >= 15 is 0 Å². The molecule has 1 aliphatic carbocycles. The van der Waals surface area contributed by atoms with Gasteiger partial charge in [-0.25, -0.2) is 4.79 Å². The fourth-order valence-electron chi connectivity index (χ4n) is 2.19. The molecule has 18 heavy (non-hydrogen) atoms. The molecule has 0 radical (unpaired) electrons. The standard InChI is InChI=1S/C14H15FO3/c15-13(12(16)10-6-4-5-7-10)18-14(17)11-8-2-1-3-9-11/h1-3,8-10,13H,4-7H2/t13-/m1/s1. The lowest BCUT2D eigenvalue weighted by molar-refractivity contribution is -0.140. The lowest BCUT2D eigenvalue weighted by Gasteiger charge is -2.12. The minimum absolute atomic E-state index is 0.249. The molecule has 0 amide bonds. The van der Waals surface area contributed by atoms with Crippen molar-refractivity contribution in [1.29, 1.82) is 0 Å². The van der Waals surface area contributed by atoms with Crippen molar-refractivity contribution in [3.63, 3.8) is 0 Å². The Hall–Kier alpha value is -1.71. The van der Waals surface area contributed by atoms with Crippen LogP contribution in [0.2, 0.25) is 0 Å². The first-order valence-corrected chi connectivity index (χ1v) is 6.12. The number of carbonyl (C=O) groups is 2. The maximum absolute atomic E-state index is 13.6. The summed E-state index contributed by atoms with van der Waals surface area (Å²) in [5.41, 5.74) is 0.249. The van der Waals surface area contributed by atoms with Gasteiger partial charge in [0.05, 0.1) is 5.56 Å². The van der Waals surface area contributed by atoms with Gasteiger partial charge in [-0.2, -0.15) is 4.39 Å². The van der Waals surface area contributed by atoms with E-state index in [9.17, 15) is 14.0 Å². The van der Waals surface area contributed by atoms with Gasteiger partial charge in [0.15, 0.2) is 0 Å². The highest BCUT2D eigenvalue weighted by Gasteiger charge is 2.31. The number of carbonyl (C=O) groups excluding carboxylic acids is 2. The molecule has 1 aromatic carbocycles. The summed E-state index contributed by atoms with van der Waals surface area (Å²) >= 11 is 0. The molecule has 1 saturated carbocycles. The molecule has 96 valence electrons. The SMILES string of the molecule is O=C(O[C@@H](F)C(=O)C1CCCC1)c1ccccc1. The maximum atomic E-state index is 13.6. The largest absolute Gasteiger partial charge is 0.420 e. The van der Waals surface area contributed by atoms with E-state index in [2.05, 4.69) is 4.74 Å². The third kappa shape index (κ3) is 2.94. The highest BCUT2D eigenvalue weighted by Crippen LogP contribution is 2.27. The number of hydrogen-bond donors (Lipinski definition) is 0. The second-order valence-electron chi connectivity index (χ2n) is 4.47. The van der Waals surface area contributed by atoms with Crippen LogP contribution in [0.3, 0.4) is 0 Å². The summed E-state index contributed by atoms with van der Waals surface area (Å²) in [5, 5.41) is 0. The minimum atomic E-state index is -2.14. The molecular formula is C14H15FO3. The smallest absolute Gasteiger partial charge is 0.341 e. The number of halogens is 1. The Labute approximate surface area is 105 Å². The van der Waals surface area contributed by atoms with Crippen molar-refractivity contribution >= 4 is 11.8 Å². The summed E-state index contributed by atoms with van der Waals surface area (Å²) in [4.78, 5) is 23.2. The molecule has 1 aliphatic rings. The van der Waals surface area contributed by atoms with E-state index in [0.29, 0.717) is 12.8 Å². The normalized spacial score (nSPS) is 17.4. The van der Waals surface area contributed by atoms with Crippen molar-refractivity contribution in [2.45, 2.75) is 32.0 Å². The van der Waals surface area contributed by atoms with Gasteiger partial charge in [-0.3, -0.25) is 4.79 Å². The quantitative estimate of drug-likeness (QED) is 0.772. The lowest BCUT2D eigenvalue weighted by atomic mass is 10.0. The Balaban J connectivity index is 1.92. The lowest BCUT2D eigenvalue weighted by Crippen LogP contribution is -2.28. The third-order valence-corrected chi connectivity index (χ3v) is 3.20. The Kier molecular flexibility index (Phi) is 4.07. The topological polar surface area (TPSA) is 43.4 Å². The van der Waals surface area contributed by atoms with E-state index in [0.717, 1.165) is 12.8 Å². The molecule has 3 nitrogen and oxygen atoms in total. The van der Waals surface area contributed by atoms with Crippen LogP contribution in [-0.2, 0) is 9.53 Å². The summed E-state index contributed by atoms with van der Waals surface area (Å²) in [6, 6.07) is 8.10. The highest BCUT2D eigenvalue weighted by atomic mass is 19.1. The van der Waals surface area contributed by atoms with Gasteiger partial charge in [0.25, 0.3) is 6.36 Å². The fourth-order valence-corrected chi connectivity index (χ4v) is 2.19. The van der Waals surface area contributed by atoms with Crippen LogP contribution in [0.15, 0.2) is 30.3 Å². The fraction of sp³-hybridized carbons (Fsp3) is 0.429. The number of ether oxygens (including phenoxy) is 1. The van der Waals surface area contributed by atoms with Crippen LogP contribution in [0.25, 0.3) is 0 Å². The molecule has 2 rings (SSSR count). The van der Waals surface area contributed by atoms with Crippen molar-refractivity contribution in [1.82, 2.24) is 0 Å². The summed E-state index contributed by atoms with van der Waals surface area (Å²) in [7, 11) is 0. The van der Waals surface area contributed by atoms with Crippen LogP contribution >= 0.6 is 0 Å². The molecule has 0 spiro atoms. The summed E-state index contributed by atoms with van der Waals surface area (Å²) in [5.74, 6) is -1.69. The number of benzene rings is 1. The summed E-state index contributed by atoms with van der Waals surface area (Å²) < 4.78 is 18.1. The van der Waals surface area contributed by atoms with Crippen LogP contribution in [0.1, 0.15) is 36.0 Å². The minimum Gasteiger partial charge on any atom is -0.420 e. The predicted molar refractivity (Wildman–Crippen MR) is 63.7 cm³/mol. The number of esters is 1. The van der Waals surface area contributed by atoms with Crippen molar-refractivity contribution in [3.8, 4) is 0 Å². The number of alkyl halides is 1. The first-order valence-electron chi connectivity index (χ1n) is 6.12. The number of Topliss-reactive ketones (excluding diaryl/α,β-unsaturated/α-hetero) is 1. The average Bonchev–Trinajstić information content (AvgIpc) is 2.92. The zero-order valence-electron chi connectivity index (χ0n) is 9.97. The van der Waals surface area contributed by atoms with Crippen LogP contribution in [0.5, 0.6) is 0 Å². The van der Waals surface area contributed by atoms with Crippen LogP contribution in [0.4, 0.5) is 4.39 Å². The Morgan fingerprint density at radius 3 is 2.39 bits per heavy atom. The maximum Gasteiger partial charge on any atom is 0.341 e. The zero-order chi connectivity index (χ0) is 13.0. The van der Waals surface area contributed by atoms with E-state index in [1.807, 2.05) is 0 Å². The van der Waals surface area contributed by atoms with Gasteiger partial charge in [0, 0.05) is 5.92 Å². The van der Waals surface area contributed by atoms with Gasteiger partial charge in [0.2, 0.25) is 5.78 Å². The van der Waals surface area contributed by atoms with E-state index in [1.165, 1.54) is 12.1 Å². The van der Waals surface area contributed by atoms with Crippen molar-refractivity contribution in [2.75, 3.05) is 0 Å². The second kappa shape index (κ2) is 5.76. The molecule has 0 saturated heterocycles. The van der Waals surface area contributed by atoms with E-state index < -0.39 is 18.1 Å². The molecule has 1 fully saturated rings. The van der Waals surface area contributed by atoms with Gasteiger partial charge < -0.3 is 4.74 Å². The molecule has 1 atom stereocenters. The van der Waals surface area contributed by atoms with E-state index in [-0.39, 0.29) is 11.5 Å². The van der Waals surface area contributed by atoms with E-state index in [4.69, 9.17) is 0 Å². The molecule has 0 N–H and O–H groups in total. The van der Waals surface area contributed by atoms with Gasteiger partial charge in [-0.15, -0.1) is 0 Å². The number of hydrogen-bond acceptors (Lipinski definition) is 3. The van der Waals surface area contributed by atoms with Gasteiger partial charge in [0.1, 0.15) is 0 Å². The average molecular weight is 250 g/mol. The molecule has 0 aromatic heterocycles. The summed E-state index contributed by atoms with van der Waals surface area (Å²) in [6.45, 7) is 0. The molecular weight excluding hydrogens is 235 g/mol. The molecule has 4 heteroatoms. The molecule has 0 aliphatic heterocycles. The first kappa shape index (κ1) is 12.7. The Morgan fingerprint density at radius 2 is 1.78 bits per heavy atom. The second-order valence-corrected chi connectivity index (χ2v) is 4.47. The van der Waals surface area contributed by atoms with Crippen molar-refractivity contribution in [2.24, 2.45) is 5.92 Å². The monoisotopic (exact) mass is 250 g/mol. The van der Waals surface area contributed by atoms with Crippen LogP contribution in [-0.4, -0.2) is 18.1 Å². The van der Waals surface area contributed by atoms with Gasteiger partial charge in [-0.05, 0) is 25.0 Å². The van der Waals surface area contributed by atoms with Crippen LogP contribution < -0.4 is 0 Å². The van der Waals surface area contributed by atoms with Crippen LogP contribution in [0, 0.1) is 5.92 Å². The number of rotatable bonds is 4. The highest BCUT2D eigenvalue weighted by molar-refractivity contribution is 5.92. The molecule has 0 unspecified atom stereocenters.